The SMILES string of the molecule is CC1Cc2cc(-c3nn(-c4ccccc4)cc3/C=c3\sc4nc(-c5ccc(Cl)cc5)nn4c3=O)ccc2O1. The van der Waals surface area contributed by atoms with Crippen molar-refractivity contribution in [2.75, 3.05) is 0 Å². The van der Waals surface area contributed by atoms with E-state index in [9.17, 15) is 4.79 Å². The summed E-state index contributed by atoms with van der Waals surface area (Å²) in [6.45, 7) is 2.07. The minimum absolute atomic E-state index is 0.156. The number of hydrogen-bond donors (Lipinski definition) is 0. The lowest BCUT2D eigenvalue weighted by Crippen LogP contribution is -2.23. The van der Waals surface area contributed by atoms with Gasteiger partial charge < -0.3 is 4.74 Å². The van der Waals surface area contributed by atoms with E-state index >= 15 is 0 Å². The first-order valence-corrected chi connectivity index (χ1v) is 13.3. The van der Waals surface area contributed by atoms with E-state index in [1.54, 1.807) is 12.1 Å². The quantitative estimate of drug-likeness (QED) is 0.309. The van der Waals surface area contributed by atoms with Crippen LogP contribution in [-0.4, -0.2) is 30.5 Å². The lowest BCUT2D eigenvalue weighted by atomic mass is 10.0. The third kappa shape index (κ3) is 3.98. The summed E-state index contributed by atoms with van der Waals surface area (Å²) in [5.74, 6) is 1.40. The minimum atomic E-state index is -0.215. The molecular formula is C29H20ClN5O2S. The van der Waals surface area contributed by atoms with Gasteiger partial charge in [-0.1, -0.05) is 41.1 Å². The number of hydrogen-bond acceptors (Lipinski definition) is 6. The van der Waals surface area contributed by atoms with Crippen LogP contribution in [0.25, 0.3) is 39.4 Å². The first-order chi connectivity index (χ1) is 18.5. The zero-order valence-electron chi connectivity index (χ0n) is 20.2. The van der Waals surface area contributed by atoms with E-state index in [0.717, 1.165) is 45.8 Å². The second-order valence-electron chi connectivity index (χ2n) is 9.22. The molecule has 7 rings (SSSR count). The molecule has 0 saturated heterocycles. The first kappa shape index (κ1) is 22.9. The average molecular weight is 538 g/mol. The van der Waals surface area contributed by atoms with Crippen molar-refractivity contribution in [1.82, 2.24) is 24.4 Å². The van der Waals surface area contributed by atoms with Gasteiger partial charge in [0, 0.05) is 34.3 Å². The molecule has 1 aliphatic rings. The molecule has 1 atom stereocenters. The van der Waals surface area contributed by atoms with Crippen molar-refractivity contribution in [2.45, 2.75) is 19.4 Å². The Morgan fingerprint density at radius 3 is 2.61 bits per heavy atom. The van der Waals surface area contributed by atoms with E-state index in [4.69, 9.17) is 21.4 Å². The fourth-order valence-corrected chi connectivity index (χ4v) is 5.72. The Balaban J connectivity index is 1.35. The van der Waals surface area contributed by atoms with Crippen molar-refractivity contribution >= 4 is 34.0 Å². The number of rotatable bonds is 4. The van der Waals surface area contributed by atoms with E-state index in [-0.39, 0.29) is 11.7 Å². The van der Waals surface area contributed by atoms with E-state index in [1.807, 2.05) is 71.6 Å². The van der Waals surface area contributed by atoms with Crippen molar-refractivity contribution < 1.29 is 4.74 Å². The van der Waals surface area contributed by atoms with Crippen molar-refractivity contribution in [3.05, 3.63) is 110 Å². The third-order valence-electron chi connectivity index (χ3n) is 6.50. The third-order valence-corrected chi connectivity index (χ3v) is 7.71. The lowest BCUT2D eigenvalue weighted by Gasteiger charge is -2.04. The van der Waals surface area contributed by atoms with Gasteiger partial charge in [-0.25, -0.2) is 4.68 Å². The second-order valence-corrected chi connectivity index (χ2v) is 10.7. The topological polar surface area (TPSA) is 74.3 Å². The fourth-order valence-electron chi connectivity index (χ4n) is 4.70. The molecule has 0 fully saturated rings. The number of para-hydroxylation sites is 1. The van der Waals surface area contributed by atoms with Gasteiger partial charge in [-0.3, -0.25) is 4.79 Å². The predicted octanol–water partition coefficient (Wildman–Crippen LogP) is 5.20. The smallest absolute Gasteiger partial charge is 0.291 e. The molecule has 38 heavy (non-hydrogen) atoms. The summed E-state index contributed by atoms with van der Waals surface area (Å²) in [7, 11) is 0. The Morgan fingerprint density at radius 2 is 1.82 bits per heavy atom. The highest BCUT2D eigenvalue weighted by molar-refractivity contribution is 7.15. The molecule has 186 valence electrons. The van der Waals surface area contributed by atoms with Crippen LogP contribution in [0.15, 0.2) is 83.8 Å². The molecule has 6 aromatic rings. The van der Waals surface area contributed by atoms with E-state index in [1.165, 1.54) is 15.9 Å². The van der Waals surface area contributed by atoms with Gasteiger partial charge in [0.25, 0.3) is 5.56 Å². The monoisotopic (exact) mass is 537 g/mol. The number of aromatic nitrogens is 5. The Hall–Kier alpha value is -4.27. The molecule has 1 aliphatic heterocycles. The van der Waals surface area contributed by atoms with Gasteiger partial charge >= 0.3 is 0 Å². The number of ether oxygens (including phenoxy) is 1. The highest BCUT2D eigenvalue weighted by Gasteiger charge is 2.21. The van der Waals surface area contributed by atoms with Crippen LogP contribution in [0.4, 0.5) is 0 Å². The first-order valence-electron chi connectivity index (χ1n) is 12.1. The van der Waals surface area contributed by atoms with Crippen molar-refractivity contribution in [1.29, 1.82) is 0 Å². The number of fused-ring (bicyclic) bond motifs is 2. The number of nitrogens with zero attached hydrogens (tertiary/aromatic N) is 5. The summed E-state index contributed by atoms with van der Waals surface area (Å²) in [5.41, 5.74) is 5.28. The van der Waals surface area contributed by atoms with Crippen LogP contribution in [0, 0.1) is 0 Å². The van der Waals surface area contributed by atoms with Gasteiger partial charge in [-0.15, -0.1) is 5.10 Å². The van der Waals surface area contributed by atoms with Gasteiger partial charge in [0.05, 0.1) is 10.2 Å². The van der Waals surface area contributed by atoms with Gasteiger partial charge in [0.1, 0.15) is 17.5 Å². The molecule has 0 radical (unpaired) electrons. The highest BCUT2D eigenvalue weighted by atomic mass is 35.5. The molecule has 9 heteroatoms. The fraction of sp³-hybridized carbons (Fsp3) is 0.103. The second kappa shape index (κ2) is 8.93. The molecule has 0 amide bonds. The molecule has 3 aromatic carbocycles. The van der Waals surface area contributed by atoms with Crippen molar-refractivity contribution in [2.24, 2.45) is 0 Å². The minimum Gasteiger partial charge on any atom is -0.490 e. The number of benzene rings is 3. The van der Waals surface area contributed by atoms with E-state index in [2.05, 4.69) is 23.1 Å². The van der Waals surface area contributed by atoms with Crippen LogP contribution in [0.3, 0.4) is 0 Å². The molecule has 0 saturated carbocycles. The molecule has 0 spiro atoms. The van der Waals surface area contributed by atoms with Crippen LogP contribution >= 0.6 is 22.9 Å². The zero-order chi connectivity index (χ0) is 25.8. The van der Waals surface area contributed by atoms with Crippen molar-refractivity contribution in [3.63, 3.8) is 0 Å². The van der Waals surface area contributed by atoms with E-state index in [0.29, 0.717) is 20.3 Å². The van der Waals surface area contributed by atoms with Crippen LogP contribution in [0.1, 0.15) is 18.1 Å². The van der Waals surface area contributed by atoms with Gasteiger partial charge in [0.15, 0.2) is 5.82 Å². The maximum atomic E-state index is 13.3. The predicted molar refractivity (Wildman–Crippen MR) is 149 cm³/mol. The highest BCUT2D eigenvalue weighted by Crippen LogP contribution is 2.34. The van der Waals surface area contributed by atoms with Gasteiger partial charge in [0.2, 0.25) is 4.96 Å². The molecule has 1 unspecified atom stereocenters. The molecule has 3 aromatic heterocycles. The van der Waals surface area contributed by atoms with E-state index < -0.39 is 0 Å². The van der Waals surface area contributed by atoms with Gasteiger partial charge in [-0.2, -0.15) is 14.6 Å². The maximum Gasteiger partial charge on any atom is 0.291 e. The summed E-state index contributed by atoms with van der Waals surface area (Å²) in [4.78, 5) is 18.4. The molecule has 0 bridgehead atoms. The van der Waals surface area contributed by atoms with Crippen LogP contribution < -0.4 is 14.8 Å². The number of thiazole rings is 1. The normalized spacial score (nSPS) is 15.2. The molecule has 0 N–H and O–H groups in total. The largest absolute Gasteiger partial charge is 0.490 e. The van der Waals surface area contributed by atoms with Crippen LogP contribution in [0.2, 0.25) is 5.02 Å². The Bertz CT molecular complexity index is 1930. The Kier molecular flexibility index (Phi) is 5.38. The summed E-state index contributed by atoms with van der Waals surface area (Å²) in [5, 5.41) is 10.0. The van der Waals surface area contributed by atoms with Crippen LogP contribution in [-0.2, 0) is 6.42 Å². The molecule has 4 heterocycles. The van der Waals surface area contributed by atoms with Crippen LogP contribution in [0.5, 0.6) is 5.75 Å². The molecule has 0 aliphatic carbocycles. The molecule has 7 nitrogen and oxygen atoms in total. The summed E-state index contributed by atoms with van der Waals surface area (Å²) < 4.78 is 9.62. The van der Waals surface area contributed by atoms with Crippen molar-refractivity contribution in [3.8, 4) is 34.1 Å². The Labute approximate surface area is 226 Å². The summed E-state index contributed by atoms with van der Waals surface area (Å²) in [6.07, 6.45) is 4.84. The standard InChI is InChI=1S/C29H20ClN5O2S/c1-17-13-20-14-19(9-12-24(20)37-17)26-21(16-34(32-26)23-5-3-2-4-6-23)15-25-28(36)35-29(38-25)31-27(33-35)18-7-10-22(30)11-8-18/h2-12,14-17H,13H2,1H3/b25-15-. The number of halogens is 1. The lowest BCUT2D eigenvalue weighted by molar-refractivity contribution is 0.254. The average Bonchev–Trinajstić information content (AvgIpc) is 3.69. The maximum absolute atomic E-state index is 13.3. The summed E-state index contributed by atoms with van der Waals surface area (Å²) in [6, 6.07) is 23.3. The Morgan fingerprint density at radius 1 is 1.03 bits per heavy atom. The summed E-state index contributed by atoms with van der Waals surface area (Å²) >= 11 is 7.31. The van der Waals surface area contributed by atoms with Gasteiger partial charge in [-0.05, 0) is 73.2 Å². The molecular weight excluding hydrogens is 518 g/mol. The zero-order valence-corrected chi connectivity index (χ0v) is 21.8.